The van der Waals surface area contributed by atoms with Crippen molar-refractivity contribution in [3.63, 3.8) is 0 Å². The molecule has 0 aliphatic carbocycles. The van der Waals surface area contributed by atoms with E-state index in [-0.39, 0.29) is 18.4 Å². The highest BCUT2D eigenvalue weighted by Gasteiger charge is 2.22. The van der Waals surface area contributed by atoms with Crippen molar-refractivity contribution in [2.75, 3.05) is 32.2 Å². The number of carbonyl (C=O) groups excluding carboxylic acids is 2. The van der Waals surface area contributed by atoms with Gasteiger partial charge in [-0.1, -0.05) is 23.9 Å². The second-order valence-electron chi connectivity index (χ2n) is 6.60. The van der Waals surface area contributed by atoms with Gasteiger partial charge in [-0.25, -0.2) is 0 Å². The molecule has 2 aromatic rings. The molecule has 0 fully saturated rings. The summed E-state index contributed by atoms with van der Waals surface area (Å²) in [5, 5.41) is 5.68. The van der Waals surface area contributed by atoms with Crippen molar-refractivity contribution in [2.45, 2.75) is 25.0 Å². The number of hydrogen-bond donors (Lipinski definition) is 2. The Bertz CT molecular complexity index is 970. The van der Waals surface area contributed by atoms with Crippen LogP contribution < -0.4 is 15.4 Å². The van der Waals surface area contributed by atoms with Crippen molar-refractivity contribution < 1.29 is 23.8 Å². The molecule has 2 N–H and O–H groups in total. The lowest BCUT2D eigenvalue weighted by Gasteiger charge is -2.20. The van der Waals surface area contributed by atoms with E-state index in [2.05, 4.69) is 10.6 Å². The van der Waals surface area contributed by atoms with E-state index < -0.39 is 6.29 Å². The van der Waals surface area contributed by atoms with Gasteiger partial charge in [0.2, 0.25) is 0 Å². The van der Waals surface area contributed by atoms with E-state index in [1.807, 2.05) is 50.3 Å². The maximum Gasteiger partial charge on any atom is 0.262 e. The third-order valence-corrected chi connectivity index (χ3v) is 5.56. The number of carbonyl (C=O) groups is 2. The van der Waals surface area contributed by atoms with Gasteiger partial charge in [-0.05, 0) is 55.8 Å². The summed E-state index contributed by atoms with van der Waals surface area (Å²) in [6, 6.07) is 12.7. The molecule has 0 spiro atoms. The first kappa shape index (κ1) is 22.9. The number of benzene rings is 2. The van der Waals surface area contributed by atoms with Crippen LogP contribution in [0.25, 0.3) is 6.08 Å². The smallest absolute Gasteiger partial charge is 0.262 e. The Morgan fingerprint density at radius 3 is 2.65 bits per heavy atom. The van der Waals surface area contributed by atoms with Gasteiger partial charge < -0.3 is 24.8 Å². The molecule has 1 heterocycles. The van der Waals surface area contributed by atoms with Crippen molar-refractivity contribution in [1.82, 2.24) is 5.32 Å². The van der Waals surface area contributed by atoms with E-state index in [0.717, 1.165) is 16.2 Å². The number of nitrogens with one attached hydrogen (secondary N) is 2. The van der Waals surface area contributed by atoms with Gasteiger partial charge in [0.1, 0.15) is 5.75 Å². The maximum atomic E-state index is 12.6. The largest absolute Gasteiger partial charge is 0.497 e. The highest BCUT2D eigenvalue weighted by atomic mass is 32.2. The van der Waals surface area contributed by atoms with Gasteiger partial charge >= 0.3 is 0 Å². The summed E-state index contributed by atoms with van der Waals surface area (Å²) in [5.74, 6) is 0.248. The number of anilines is 1. The van der Waals surface area contributed by atoms with Crippen LogP contribution in [0.5, 0.6) is 5.75 Å². The molecule has 1 aliphatic heterocycles. The van der Waals surface area contributed by atoms with Crippen LogP contribution in [0.4, 0.5) is 5.69 Å². The summed E-state index contributed by atoms with van der Waals surface area (Å²) in [5.41, 5.74) is 1.93. The Balaban J connectivity index is 1.70. The molecule has 0 saturated carbocycles. The number of ether oxygens (including phenoxy) is 3. The molecular formula is C23H26N2O5S. The van der Waals surface area contributed by atoms with Crippen LogP contribution in [0, 0.1) is 0 Å². The third kappa shape index (κ3) is 6.10. The minimum Gasteiger partial charge on any atom is -0.497 e. The highest BCUT2D eigenvalue weighted by Crippen LogP contribution is 2.39. The van der Waals surface area contributed by atoms with Crippen molar-refractivity contribution in [2.24, 2.45) is 0 Å². The Morgan fingerprint density at radius 1 is 1.16 bits per heavy atom. The molecule has 31 heavy (non-hydrogen) atoms. The second-order valence-corrected chi connectivity index (χ2v) is 7.69. The van der Waals surface area contributed by atoms with E-state index in [4.69, 9.17) is 14.2 Å². The minimum absolute atomic E-state index is 0.217. The molecule has 0 saturated heterocycles. The fourth-order valence-electron chi connectivity index (χ4n) is 3.00. The van der Waals surface area contributed by atoms with Gasteiger partial charge in [-0.2, -0.15) is 0 Å². The van der Waals surface area contributed by atoms with E-state index >= 15 is 0 Å². The zero-order valence-corrected chi connectivity index (χ0v) is 18.6. The normalized spacial score (nSPS) is 14.3. The summed E-state index contributed by atoms with van der Waals surface area (Å²) < 4.78 is 16.1. The van der Waals surface area contributed by atoms with E-state index in [1.54, 1.807) is 19.2 Å². The van der Waals surface area contributed by atoms with Crippen LogP contribution in [0.1, 0.15) is 29.8 Å². The SMILES string of the molecule is CCOC(CNC(=O)c1ccc2c(c1)NC(=O)/C(=C\c1cccc(OC)c1)S2)OCC. The standard InChI is InChI=1S/C23H26N2O5S/c1-4-29-21(30-5-2)14-24-22(26)16-9-10-19-18(13-16)25-23(27)20(31-19)12-15-7-6-8-17(11-15)28-3/h6-13,21H,4-5,14H2,1-3H3,(H,24,26)(H,25,27)/b20-12+. The molecule has 0 radical (unpaired) electrons. The number of thioether (sulfide) groups is 1. The summed E-state index contributed by atoms with van der Waals surface area (Å²) in [6.45, 7) is 4.97. The summed E-state index contributed by atoms with van der Waals surface area (Å²) in [4.78, 5) is 26.5. The summed E-state index contributed by atoms with van der Waals surface area (Å²) >= 11 is 1.36. The molecule has 8 heteroatoms. The zero-order valence-electron chi connectivity index (χ0n) is 17.8. The lowest BCUT2D eigenvalue weighted by atomic mass is 10.1. The Labute approximate surface area is 186 Å². The lowest BCUT2D eigenvalue weighted by molar-refractivity contribution is -0.131. The molecule has 0 atom stereocenters. The molecule has 164 valence electrons. The third-order valence-electron chi connectivity index (χ3n) is 4.46. The number of amides is 2. The van der Waals surface area contributed by atoms with E-state index in [1.165, 1.54) is 11.8 Å². The molecule has 2 amide bonds. The molecule has 0 aromatic heterocycles. The van der Waals surface area contributed by atoms with Gasteiger partial charge in [0, 0.05) is 23.7 Å². The van der Waals surface area contributed by atoms with Gasteiger partial charge in [-0.15, -0.1) is 0 Å². The topological polar surface area (TPSA) is 85.9 Å². The second kappa shape index (κ2) is 11.0. The van der Waals surface area contributed by atoms with E-state index in [9.17, 15) is 9.59 Å². The molecule has 0 unspecified atom stereocenters. The fourth-order valence-corrected chi connectivity index (χ4v) is 3.93. The van der Waals surface area contributed by atoms with Crippen LogP contribution in [0.3, 0.4) is 0 Å². The van der Waals surface area contributed by atoms with Crippen LogP contribution in [0.15, 0.2) is 52.3 Å². The van der Waals surface area contributed by atoms with Crippen molar-refractivity contribution in [3.05, 3.63) is 58.5 Å². The molecule has 3 rings (SSSR count). The molecular weight excluding hydrogens is 416 g/mol. The average molecular weight is 443 g/mol. The number of methoxy groups -OCH3 is 1. The Kier molecular flexibility index (Phi) is 8.11. The highest BCUT2D eigenvalue weighted by molar-refractivity contribution is 8.04. The van der Waals surface area contributed by atoms with Crippen LogP contribution in [0.2, 0.25) is 0 Å². The van der Waals surface area contributed by atoms with Gasteiger partial charge in [0.25, 0.3) is 11.8 Å². The fraction of sp³-hybridized carbons (Fsp3) is 0.304. The first-order valence-electron chi connectivity index (χ1n) is 10.0. The Hall–Kier alpha value is -2.81. The first-order chi connectivity index (χ1) is 15.0. The number of hydrogen-bond acceptors (Lipinski definition) is 6. The van der Waals surface area contributed by atoms with Crippen molar-refractivity contribution in [1.29, 1.82) is 0 Å². The van der Waals surface area contributed by atoms with Crippen LogP contribution in [-0.2, 0) is 14.3 Å². The van der Waals surface area contributed by atoms with Gasteiger partial charge in [0.05, 0.1) is 24.2 Å². The van der Waals surface area contributed by atoms with E-state index in [0.29, 0.717) is 29.4 Å². The molecule has 2 aromatic carbocycles. The molecule has 1 aliphatic rings. The van der Waals surface area contributed by atoms with Crippen LogP contribution >= 0.6 is 11.8 Å². The van der Waals surface area contributed by atoms with Crippen molar-refractivity contribution >= 4 is 35.3 Å². The zero-order chi connectivity index (χ0) is 22.2. The monoisotopic (exact) mass is 442 g/mol. The Morgan fingerprint density at radius 2 is 1.94 bits per heavy atom. The van der Waals surface area contributed by atoms with Gasteiger partial charge in [0.15, 0.2) is 6.29 Å². The van der Waals surface area contributed by atoms with Crippen LogP contribution in [-0.4, -0.2) is 45.0 Å². The predicted molar refractivity (Wildman–Crippen MR) is 121 cm³/mol. The molecule has 0 bridgehead atoms. The number of rotatable bonds is 9. The summed E-state index contributed by atoms with van der Waals surface area (Å²) in [6.07, 6.45) is 1.32. The average Bonchev–Trinajstić information content (AvgIpc) is 2.78. The summed E-state index contributed by atoms with van der Waals surface area (Å²) in [7, 11) is 1.60. The quantitative estimate of drug-likeness (QED) is 0.452. The lowest BCUT2D eigenvalue weighted by Crippen LogP contribution is -2.35. The number of fused-ring (bicyclic) bond motifs is 1. The minimum atomic E-state index is -0.490. The van der Waals surface area contributed by atoms with Gasteiger partial charge in [-0.3, -0.25) is 9.59 Å². The molecule has 7 nitrogen and oxygen atoms in total. The predicted octanol–water partition coefficient (Wildman–Crippen LogP) is 3.91. The maximum absolute atomic E-state index is 12.6. The van der Waals surface area contributed by atoms with Crippen molar-refractivity contribution in [3.8, 4) is 5.75 Å². The first-order valence-corrected chi connectivity index (χ1v) is 10.9.